The lowest BCUT2D eigenvalue weighted by Crippen LogP contribution is -2.34. The molecule has 1 atom stereocenters. The van der Waals surface area contributed by atoms with Gasteiger partial charge in [0.25, 0.3) is 5.91 Å². The second kappa shape index (κ2) is 11.3. The summed E-state index contributed by atoms with van der Waals surface area (Å²) in [4.78, 5) is 38.9. The molecule has 7 nitrogen and oxygen atoms in total. The van der Waals surface area contributed by atoms with E-state index in [0.29, 0.717) is 24.5 Å². The summed E-state index contributed by atoms with van der Waals surface area (Å²) >= 11 is 0. The van der Waals surface area contributed by atoms with Crippen LogP contribution in [-0.4, -0.2) is 37.4 Å². The van der Waals surface area contributed by atoms with Crippen LogP contribution in [0.25, 0.3) is 0 Å². The SMILES string of the molecule is Cc1cccc(NC(=O)COc2ccc(N3CC(C(=O)NCCc4ccccc4)CC3=O)cc2)c1. The summed E-state index contributed by atoms with van der Waals surface area (Å²) in [5, 5.41) is 5.75. The first kappa shape index (κ1) is 24.0. The zero-order chi connectivity index (χ0) is 24.6. The highest BCUT2D eigenvalue weighted by Gasteiger charge is 2.34. The number of aryl methyl sites for hydroxylation is 1. The quantitative estimate of drug-likeness (QED) is 0.498. The molecule has 3 amide bonds. The molecule has 4 rings (SSSR count). The van der Waals surface area contributed by atoms with E-state index in [0.717, 1.165) is 23.2 Å². The van der Waals surface area contributed by atoms with Gasteiger partial charge in [-0.2, -0.15) is 0 Å². The highest BCUT2D eigenvalue weighted by molar-refractivity contribution is 6.00. The van der Waals surface area contributed by atoms with E-state index in [4.69, 9.17) is 4.74 Å². The molecule has 1 aliphatic rings. The number of carbonyl (C=O) groups excluding carboxylic acids is 3. The zero-order valence-corrected chi connectivity index (χ0v) is 19.7. The Balaban J connectivity index is 1.24. The predicted octanol–water partition coefficient (Wildman–Crippen LogP) is 3.72. The van der Waals surface area contributed by atoms with Crippen LogP contribution in [0, 0.1) is 12.8 Å². The molecule has 0 saturated carbocycles. The smallest absolute Gasteiger partial charge is 0.262 e. The molecule has 180 valence electrons. The summed E-state index contributed by atoms with van der Waals surface area (Å²) < 4.78 is 5.58. The molecule has 7 heteroatoms. The molecule has 3 aromatic carbocycles. The van der Waals surface area contributed by atoms with Crippen molar-refractivity contribution in [3.05, 3.63) is 90.0 Å². The summed E-state index contributed by atoms with van der Waals surface area (Å²) in [5.74, 6) is -0.291. The topological polar surface area (TPSA) is 87.7 Å². The van der Waals surface area contributed by atoms with Crippen LogP contribution in [0.3, 0.4) is 0 Å². The Morgan fingerprint density at radius 1 is 1.00 bits per heavy atom. The van der Waals surface area contributed by atoms with Crippen LogP contribution in [0.1, 0.15) is 17.5 Å². The molecule has 3 aromatic rings. The van der Waals surface area contributed by atoms with Crippen LogP contribution in [0.15, 0.2) is 78.9 Å². The van der Waals surface area contributed by atoms with E-state index >= 15 is 0 Å². The van der Waals surface area contributed by atoms with Gasteiger partial charge in [0.2, 0.25) is 11.8 Å². The summed E-state index contributed by atoms with van der Waals surface area (Å²) in [6, 6.07) is 24.5. The van der Waals surface area contributed by atoms with Crippen molar-refractivity contribution < 1.29 is 19.1 Å². The van der Waals surface area contributed by atoms with Crippen LogP contribution < -0.4 is 20.3 Å². The Bertz CT molecular complexity index is 1180. The molecule has 35 heavy (non-hydrogen) atoms. The average Bonchev–Trinajstić information content (AvgIpc) is 3.25. The van der Waals surface area contributed by atoms with Gasteiger partial charge in [-0.05, 0) is 60.9 Å². The standard InChI is InChI=1S/C28H29N3O4/c1-20-6-5-9-23(16-20)30-26(32)19-35-25-12-10-24(11-13-25)31-18-22(17-27(31)33)28(34)29-15-14-21-7-3-2-4-8-21/h2-13,16,22H,14-15,17-19H2,1H3,(H,29,34)(H,30,32). The lowest BCUT2D eigenvalue weighted by molar-refractivity contribution is -0.126. The van der Waals surface area contributed by atoms with E-state index < -0.39 is 0 Å². The monoisotopic (exact) mass is 471 g/mol. The van der Waals surface area contributed by atoms with Crippen LogP contribution in [0.5, 0.6) is 5.75 Å². The van der Waals surface area contributed by atoms with E-state index in [1.54, 1.807) is 29.2 Å². The molecule has 1 aliphatic heterocycles. The Kier molecular flexibility index (Phi) is 7.77. The van der Waals surface area contributed by atoms with E-state index in [1.165, 1.54) is 0 Å². The molecule has 0 spiro atoms. The van der Waals surface area contributed by atoms with E-state index in [-0.39, 0.29) is 36.7 Å². The number of rotatable bonds is 9. The predicted molar refractivity (Wildman–Crippen MR) is 135 cm³/mol. The van der Waals surface area contributed by atoms with Crippen molar-refractivity contribution in [3.63, 3.8) is 0 Å². The number of nitrogens with zero attached hydrogens (tertiary/aromatic N) is 1. The third-order valence-electron chi connectivity index (χ3n) is 5.87. The number of hydrogen-bond donors (Lipinski definition) is 2. The van der Waals surface area contributed by atoms with Gasteiger partial charge < -0.3 is 20.3 Å². The molecule has 0 bridgehead atoms. The minimum Gasteiger partial charge on any atom is -0.484 e. The maximum atomic E-state index is 12.6. The first-order valence-corrected chi connectivity index (χ1v) is 11.7. The average molecular weight is 472 g/mol. The van der Waals surface area contributed by atoms with E-state index in [9.17, 15) is 14.4 Å². The first-order valence-electron chi connectivity index (χ1n) is 11.7. The number of nitrogens with one attached hydrogen (secondary N) is 2. The minimum absolute atomic E-state index is 0.0839. The number of benzene rings is 3. The molecule has 1 unspecified atom stereocenters. The van der Waals surface area contributed by atoms with Crippen LogP contribution in [0.4, 0.5) is 11.4 Å². The van der Waals surface area contributed by atoms with Crippen molar-refractivity contribution in [1.82, 2.24) is 5.32 Å². The number of carbonyl (C=O) groups is 3. The zero-order valence-electron chi connectivity index (χ0n) is 19.7. The molecule has 2 N–H and O–H groups in total. The van der Waals surface area contributed by atoms with Crippen LogP contribution >= 0.6 is 0 Å². The number of amides is 3. The van der Waals surface area contributed by atoms with Crippen LogP contribution in [-0.2, 0) is 20.8 Å². The van der Waals surface area contributed by atoms with Gasteiger partial charge in [-0.15, -0.1) is 0 Å². The number of ether oxygens (including phenoxy) is 1. The molecule has 0 radical (unpaired) electrons. The third kappa shape index (κ3) is 6.69. The second-order valence-electron chi connectivity index (χ2n) is 8.63. The molecular weight excluding hydrogens is 442 g/mol. The lowest BCUT2D eigenvalue weighted by atomic mass is 10.1. The van der Waals surface area contributed by atoms with Crippen molar-refractivity contribution >= 4 is 29.1 Å². The number of anilines is 2. The van der Waals surface area contributed by atoms with Crippen molar-refractivity contribution in [2.45, 2.75) is 19.8 Å². The normalized spacial score (nSPS) is 15.1. The van der Waals surface area contributed by atoms with Crippen molar-refractivity contribution in [1.29, 1.82) is 0 Å². The summed E-state index contributed by atoms with van der Waals surface area (Å²) in [5.41, 5.74) is 3.64. The van der Waals surface area contributed by atoms with Crippen molar-refractivity contribution in [2.75, 3.05) is 29.9 Å². The fourth-order valence-corrected chi connectivity index (χ4v) is 4.04. The summed E-state index contributed by atoms with van der Waals surface area (Å²) in [6.07, 6.45) is 0.940. The number of hydrogen-bond acceptors (Lipinski definition) is 4. The molecule has 0 aliphatic carbocycles. The minimum atomic E-state index is -0.375. The molecule has 1 fully saturated rings. The molecule has 0 aromatic heterocycles. The maximum Gasteiger partial charge on any atom is 0.262 e. The van der Waals surface area contributed by atoms with E-state index in [1.807, 2.05) is 61.5 Å². The Morgan fingerprint density at radius 2 is 1.77 bits per heavy atom. The third-order valence-corrected chi connectivity index (χ3v) is 5.87. The Labute approximate surface area is 205 Å². The van der Waals surface area contributed by atoms with Gasteiger partial charge in [-0.1, -0.05) is 42.5 Å². The lowest BCUT2D eigenvalue weighted by Gasteiger charge is -2.17. The Hall–Kier alpha value is -4.13. The van der Waals surface area contributed by atoms with Gasteiger partial charge in [0.05, 0.1) is 5.92 Å². The second-order valence-corrected chi connectivity index (χ2v) is 8.63. The first-order chi connectivity index (χ1) is 17.0. The van der Waals surface area contributed by atoms with E-state index in [2.05, 4.69) is 10.6 Å². The fraction of sp³-hybridized carbons (Fsp3) is 0.250. The van der Waals surface area contributed by atoms with Crippen molar-refractivity contribution in [2.24, 2.45) is 5.92 Å². The van der Waals surface area contributed by atoms with Gasteiger partial charge in [-0.3, -0.25) is 14.4 Å². The fourth-order valence-electron chi connectivity index (χ4n) is 4.04. The van der Waals surface area contributed by atoms with Gasteiger partial charge >= 0.3 is 0 Å². The van der Waals surface area contributed by atoms with Crippen molar-refractivity contribution in [3.8, 4) is 5.75 Å². The molecule has 1 heterocycles. The Morgan fingerprint density at radius 3 is 2.51 bits per heavy atom. The highest BCUT2D eigenvalue weighted by atomic mass is 16.5. The largest absolute Gasteiger partial charge is 0.484 e. The summed E-state index contributed by atoms with van der Waals surface area (Å²) in [7, 11) is 0. The van der Waals surface area contributed by atoms with Gasteiger partial charge in [0, 0.05) is 30.9 Å². The molecular formula is C28H29N3O4. The summed E-state index contributed by atoms with van der Waals surface area (Å²) in [6.45, 7) is 2.72. The highest BCUT2D eigenvalue weighted by Crippen LogP contribution is 2.27. The van der Waals surface area contributed by atoms with Gasteiger partial charge in [0.15, 0.2) is 6.61 Å². The van der Waals surface area contributed by atoms with Gasteiger partial charge in [0.1, 0.15) is 5.75 Å². The molecule has 1 saturated heterocycles. The maximum absolute atomic E-state index is 12.6. The van der Waals surface area contributed by atoms with Crippen LogP contribution in [0.2, 0.25) is 0 Å². The van der Waals surface area contributed by atoms with Gasteiger partial charge in [-0.25, -0.2) is 0 Å².